The first-order valence-corrected chi connectivity index (χ1v) is 12.1. The van der Waals surface area contributed by atoms with E-state index >= 15 is 0 Å². The molecule has 3 aromatic carbocycles. The van der Waals surface area contributed by atoms with Crippen LogP contribution in [0.15, 0.2) is 71.7 Å². The normalized spacial score (nSPS) is 15.2. The van der Waals surface area contributed by atoms with Gasteiger partial charge in [0.15, 0.2) is 11.5 Å². The van der Waals surface area contributed by atoms with Crippen molar-refractivity contribution in [2.75, 3.05) is 39.2 Å². The number of ether oxygens (including phenoxy) is 2. The number of carbonyl (C=O) groups excluding carboxylic acids is 1. The summed E-state index contributed by atoms with van der Waals surface area (Å²) in [7, 11) is 4.15. The molecule has 182 valence electrons. The molecule has 0 spiro atoms. The summed E-state index contributed by atoms with van der Waals surface area (Å²) in [5.74, 6) is 0.588. The van der Waals surface area contributed by atoms with Crippen LogP contribution >= 0.6 is 0 Å². The molecule has 6 nitrogen and oxygen atoms in total. The number of amides is 1. The van der Waals surface area contributed by atoms with Crippen LogP contribution in [-0.4, -0.2) is 50.4 Å². The Kier molecular flexibility index (Phi) is 7.83. The number of benzene rings is 3. The molecule has 1 heterocycles. The summed E-state index contributed by atoms with van der Waals surface area (Å²) in [5.41, 5.74) is 5.25. The first-order valence-electron chi connectivity index (χ1n) is 12.1. The van der Waals surface area contributed by atoms with Crippen molar-refractivity contribution in [1.82, 2.24) is 4.90 Å². The minimum absolute atomic E-state index is 0.110. The monoisotopic (exact) mass is 471 g/mol. The topological polar surface area (TPSA) is 63.2 Å². The third-order valence-corrected chi connectivity index (χ3v) is 5.92. The summed E-state index contributed by atoms with van der Waals surface area (Å²) >= 11 is 0. The lowest BCUT2D eigenvalue weighted by atomic mass is 9.90. The van der Waals surface area contributed by atoms with Crippen LogP contribution in [0.25, 0.3) is 0 Å². The van der Waals surface area contributed by atoms with E-state index in [1.165, 1.54) is 5.56 Å². The average molecular weight is 472 g/mol. The van der Waals surface area contributed by atoms with Crippen LogP contribution in [0.3, 0.4) is 0 Å². The molecule has 0 saturated carbocycles. The zero-order chi connectivity index (χ0) is 24.8. The number of fused-ring (bicyclic) bond motifs is 1. The highest BCUT2D eigenvalue weighted by Crippen LogP contribution is 2.43. The summed E-state index contributed by atoms with van der Waals surface area (Å²) in [6.07, 6.45) is 0.976. The zero-order valence-corrected chi connectivity index (χ0v) is 20.9. The fourth-order valence-corrected chi connectivity index (χ4v) is 4.21. The van der Waals surface area contributed by atoms with Crippen LogP contribution in [0.2, 0.25) is 0 Å². The van der Waals surface area contributed by atoms with Crippen molar-refractivity contribution in [2.24, 2.45) is 4.99 Å². The van der Waals surface area contributed by atoms with E-state index < -0.39 is 5.92 Å². The molecular weight excluding hydrogens is 438 g/mol. The molecule has 0 fully saturated rings. The van der Waals surface area contributed by atoms with Crippen molar-refractivity contribution < 1.29 is 14.3 Å². The van der Waals surface area contributed by atoms with Crippen molar-refractivity contribution in [1.29, 1.82) is 0 Å². The molecule has 0 aromatic heterocycles. The largest absolute Gasteiger partial charge is 0.490 e. The predicted octanol–water partition coefficient (Wildman–Crippen LogP) is 5.44. The number of rotatable bonds is 10. The molecule has 1 unspecified atom stereocenters. The zero-order valence-electron chi connectivity index (χ0n) is 20.9. The lowest BCUT2D eigenvalue weighted by molar-refractivity contribution is -0.115. The van der Waals surface area contributed by atoms with E-state index in [-0.39, 0.29) is 5.91 Å². The molecule has 1 atom stereocenters. The molecule has 3 aromatic rings. The van der Waals surface area contributed by atoms with Gasteiger partial charge in [-0.15, -0.1) is 0 Å². The second-order valence-electron chi connectivity index (χ2n) is 8.76. The van der Waals surface area contributed by atoms with Gasteiger partial charge in [0.2, 0.25) is 5.91 Å². The number of nitrogens with one attached hydrogen (secondary N) is 1. The van der Waals surface area contributed by atoms with Gasteiger partial charge in [-0.25, -0.2) is 0 Å². The Morgan fingerprint density at radius 3 is 2.23 bits per heavy atom. The molecule has 1 N–H and O–H groups in total. The average Bonchev–Trinajstić information content (AvgIpc) is 3.17. The van der Waals surface area contributed by atoms with Gasteiger partial charge in [0.1, 0.15) is 5.92 Å². The third kappa shape index (κ3) is 5.72. The van der Waals surface area contributed by atoms with Gasteiger partial charge in [0.25, 0.3) is 0 Å². The minimum Gasteiger partial charge on any atom is -0.490 e. The van der Waals surface area contributed by atoms with Gasteiger partial charge in [0.05, 0.1) is 24.6 Å². The summed E-state index contributed by atoms with van der Waals surface area (Å²) in [5, 5.41) is 3.03. The summed E-state index contributed by atoms with van der Waals surface area (Å²) in [6.45, 7) is 5.87. The van der Waals surface area contributed by atoms with Crippen LogP contribution in [0.5, 0.6) is 11.5 Å². The Morgan fingerprint density at radius 2 is 1.60 bits per heavy atom. The van der Waals surface area contributed by atoms with E-state index in [2.05, 4.69) is 36.4 Å². The molecule has 1 aliphatic heterocycles. The number of likely N-dealkylation sites (N-methyl/N-ethyl adjacent to an activating group) is 1. The highest BCUT2D eigenvalue weighted by molar-refractivity contribution is 6.24. The standard InChI is InChI=1S/C29H33N3O3/c1-5-34-25-18-23-24(19-26(25)35-6-2)31-29(33)27(23)28(21-10-8-7-9-11-21)30-22-14-12-20(13-15-22)16-17-32(3)4/h7-15,18-19,27H,5-6,16-17H2,1-4H3,(H,31,33). The van der Waals surface area contributed by atoms with Crippen LogP contribution in [-0.2, 0) is 11.2 Å². The van der Waals surface area contributed by atoms with Gasteiger partial charge in [-0.3, -0.25) is 9.79 Å². The Bertz CT molecular complexity index is 1190. The maximum absolute atomic E-state index is 13.3. The SMILES string of the molecule is CCOc1cc2c(cc1OCC)C(C(=Nc1ccc(CCN(C)C)cc1)c1ccccc1)C(=O)N2. The summed E-state index contributed by atoms with van der Waals surface area (Å²) < 4.78 is 11.6. The lowest BCUT2D eigenvalue weighted by Crippen LogP contribution is -2.22. The number of nitrogens with zero attached hydrogens (tertiary/aromatic N) is 2. The van der Waals surface area contributed by atoms with E-state index in [4.69, 9.17) is 14.5 Å². The van der Waals surface area contributed by atoms with Crippen LogP contribution in [0.1, 0.15) is 36.5 Å². The maximum Gasteiger partial charge on any atom is 0.238 e. The Labute approximate surface area is 207 Å². The highest BCUT2D eigenvalue weighted by atomic mass is 16.5. The molecule has 35 heavy (non-hydrogen) atoms. The highest BCUT2D eigenvalue weighted by Gasteiger charge is 2.36. The van der Waals surface area contributed by atoms with Crippen molar-refractivity contribution >= 4 is 23.0 Å². The number of hydrogen-bond donors (Lipinski definition) is 1. The van der Waals surface area contributed by atoms with Crippen molar-refractivity contribution in [3.05, 3.63) is 83.4 Å². The van der Waals surface area contributed by atoms with E-state index in [1.807, 2.05) is 68.4 Å². The smallest absolute Gasteiger partial charge is 0.238 e. The van der Waals surface area contributed by atoms with Gasteiger partial charge in [0, 0.05) is 18.3 Å². The second kappa shape index (κ2) is 11.2. The van der Waals surface area contributed by atoms with Gasteiger partial charge in [-0.05, 0) is 69.3 Å². The molecule has 0 saturated heterocycles. The first kappa shape index (κ1) is 24.5. The molecule has 0 bridgehead atoms. The first-order chi connectivity index (χ1) is 17.0. The fraction of sp³-hybridized carbons (Fsp3) is 0.310. The van der Waals surface area contributed by atoms with Crippen LogP contribution in [0.4, 0.5) is 11.4 Å². The molecule has 1 aliphatic rings. The minimum atomic E-state index is -0.560. The predicted molar refractivity (Wildman–Crippen MR) is 141 cm³/mol. The molecular formula is C29H33N3O3. The maximum atomic E-state index is 13.3. The Balaban J connectivity index is 1.76. The Hall–Kier alpha value is -3.64. The quantitative estimate of drug-likeness (QED) is 0.400. The molecule has 0 aliphatic carbocycles. The Morgan fingerprint density at radius 1 is 0.943 bits per heavy atom. The van der Waals surface area contributed by atoms with Crippen LogP contribution < -0.4 is 14.8 Å². The number of anilines is 1. The summed E-state index contributed by atoms with van der Waals surface area (Å²) in [4.78, 5) is 20.5. The number of aliphatic imine (C=N–C) groups is 1. The molecule has 0 radical (unpaired) electrons. The molecule has 1 amide bonds. The van der Waals surface area contributed by atoms with Crippen LogP contribution in [0, 0.1) is 0 Å². The van der Waals surface area contributed by atoms with E-state index in [9.17, 15) is 4.79 Å². The van der Waals surface area contributed by atoms with E-state index in [0.717, 1.165) is 35.5 Å². The van der Waals surface area contributed by atoms with E-state index in [0.29, 0.717) is 30.4 Å². The van der Waals surface area contributed by atoms with Gasteiger partial charge < -0.3 is 19.7 Å². The number of hydrogen-bond acceptors (Lipinski definition) is 5. The summed E-state index contributed by atoms with van der Waals surface area (Å²) in [6, 6.07) is 21.9. The molecule has 4 rings (SSSR count). The van der Waals surface area contributed by atoms with Crippen molar-refractivity contribution in [3.63, 3.8) is 0 Å². The number of carbonyl (C=O) groups is 1. The van der Waals surface area contributed by atoms with Gasteiger partial charge in [-0.2, -0.15) is 0 Å². The van der Waals surface area contributed by atoms with Crippen molar-refractivity contribution in [2.45, 2.75) is 26.2 Å². The van der Waals surface area contributed by atoms with Gasteiger partial charge >= 0.3 is 0 Å². The van der Waals surface area contributed by atoms with Crippen molar-refractivity contribution in [3.8, 4) is 11.5 Å². The van der Waals surface area contributed by atoms with Gasteiger partial charge in [-0.1, -0.05) is 42.5 Å². The lowest BCUT2D eigenvalue weighted by Gasteiger charge is -2.16. The second-order valence-corrected chi connectivity index (χ2v) is 8.76. The van der Waals surface area contributed by atoms with E-state index in [1.54, 1.807) is 0 Å². The third-order valence-electron chi connectivity index (χ3n) is 5.92. The molecule has 6 heteroatoms. The fourth-order valence-electron chi connectivity index (χ4n) is 4.21.